The van der Waals surface area contributed by atoms with E-state index in [0.29, 0.717) is 30.8 Å². The van der Waals surface area contributed by atoms with Gasteiger partial charge in [0.2, 0.25) is 0 Å². The summed E-state index contributed by atoms with van der Waals surface area (Å²) in [5.41, 5.74) is 0.255. The average molecular weight is 239 g/mol. The predicted octanol–water partition coefficient (Wildman–Crippen LogP) is 1.84. The van der Waals surface area contributed by atoms with E-state index in [4.69, 9.17) is 0 Å². The van der Waals surface area contributed by atoms with Gasteiger partial charge in [-0.15, -0.1) is 0 Å². The Morgan fingerprint density at radius 1 is 1.47 bits per heavy atom. The van der Waals surface area contributed by atoms with Crippen LogP contribution in [0.2, 0.25) is 0 Å². The molecule has 1 heterocycles. The average Bonchev–Trinajstić information content (AvgIpc) is 2.57. The van der Waals surface area contributed by atoms with Crippen LogP contribution in [0, 0.1) is 5.82 Å². The first kappa shape index (κ1) is 12.3. The van der Waals surface area contributed by atoms with Crippen molar-refractivity contribution >= 4 is 5.69 Å². The highest BCUT2D eigenvalue weighted by atomic mass is 19.1. The Balaban J connectivity index is 2.36. The number of rotatable bonds is 2. The first-order valence-corrected chi connectivity index (χ1v) is 5.84. The molecule has 1 fully saturated rings. The minimum Gasteiger partial charge on any atom is -0.389 e. The molecule has 0 spiro atoms. The Labute approximate surface area is 100 Å². The zero-order valence-corrected chi connectivity index (χ0v) is 10.2. The molecule has 1 aliphatic rings. The van der Waals surface area contributed by atoms with Crippen molar-refractivity contribution in [2.24, 2.45) is 0 Å². The predicted molar refractivity (Wildman–Crippen MR) is 64.5 cm³/mol. The highest BCUT2D eigenvalue weighted by Crippen LogP contribution is 2.33. The third-order valence-electron chi connectivity index (χ3n) is 3.24. The van der Waals surface area contributed by atoms with Gasteiger partial charge in [0.15, 0.2) is 0 Å². The molecule has 0 amide bonds. The van der Waals surface area contributed by atoms with E-state index in [-0.39, 0.29) is 0 Å². The minimum absolute atomic E-state index is 0.310. The summed E-state index contributed by atoms with van der Waals surface area (Å²) in [4.78, 5) is 1.92. The van der Waals surface area contributed by atoms with Gasteiger partial charge in [-0.3, -0.25) is 0 Å². The second-order valence-corrected chi connectivity index (χ2v) is 5.02. The van der Waals surface area contributed by atoms with Crippen LogP contribution >= 0.6 is 0 Å². The fourth-order valence-electron chi connectivity index (χ4n) is 2.37. The smallest absolute Gasteiger partial charge is 0.131 e. The van der Waals surface area contributed by atoms with Gasteiger partial charge >= 0.3 is 0 Å². The van der Waals surface area contributed by atoms with E-state index in [0.717, 1.165) is 0 Å². The molecule has 2 atom stereocenters. The second kappa shape index (κ2) is 4.27. The van der Waals surface area contributed by atoms with Gasteiger partial charge in [0, 0.05) is 24.3 Å². The number of β-amino-alcohol motifs (C(OH)–C–C–N with tert-alkyl or cyclic N) is 1. The van der Waals surface area contributed by atoms with Crippen LogP contribution in [-0.2, 0) is 0 Å². The van der Waals surface area contributed by atoms with Crippen molar-refractivity contribution in [1.82, 2.24) is 0 Å². The summed E-state index contributed by atoms with van der Waals surface area (Å²) < 4.78 is 13.7. The summed E-state index contributed by atoms with van der Waals surface area (Å²) in [6.07, 6.45) is -0.195. The quantitative estimate of drug-likeness (QED) is 0.827. The van der Waals surface area contributed by atoms with E-state index in [9.17, 15) is 14.6 Å². The van der Waals surface area contributed by atoms with Gasteiger partial charge in [-0.05, 0) is 32.4 Å². The summed E-state index contributed by atoms with van der Waals surface area (Å²) in [6.45, 7) is 4.47. The Bertz CT molecular complexity index is 418. The molecule has 2 rings (SSSR count). The van der Waals surface area contributed by atoms with Gasteiger partial charge < -0.3 is 15.1 Å². The molecule has 2 N–H and O–H groups in total. The maximum Gasteiger partial charge on any atom is 0.131 e. The summed E-state index contributed by atoms with van der Waals surface area (Å²) >= 11 is 0. The molecule has 94 valence electrons. The molecule has 0 aliphatic carbocycles. The molecule has 0 bridgehead atoms. The highest BCUT2D eigenvalue weighted by Gasteiger charge is 2.33. The largest absolute Gasteiger partial charge is 0.389 e. The Morgan fingerprint density at radius 3 is 2.71 bits per heavy atom. The lowest BCUT2D eigenvalue weighted by molar-refractivity contribution is 0.0838. The van der Waals surface area contributed by atoms with Crippen molar-refractivity contribution in [3.05, 3.63) is 29.6 Å². The fraction of sp³-hybridized carbons (Fsp3) is 0.538. The topological polar surface area (TPSA) is 43.7 Å². The Kier molecular flexibility index (Phi) is 3.10. The second-order valence-electron chi connectivity index (χ2n) is 5.02. The van der Waals surface area contributed by atoms with Gasteiger partial charge in [-0.2, -0.15) is 0 Å². The third-order valence-corrected chi connectivity index (χ3v) is 3.24. The number of anilines is 1. The fourth-order valence-corrected chi connectivity index (χ4v) is 2.37. The standard InChI is InChI=1S/C13H18FNO2/c1-9(16)12-10(14)4-3-5-11(12)15-7-6-13(2,17)8-15/h3-5,9,16-17H,6-8H2,1-2H3/t9-,13?/m1/s1. The molecule has 3 nitrogen and oxygen atoms in total. The molecule has 4 heteroatoms. The van der Waals surface area contributed by atoms with Crippen LogP contribution in [-0.4, -0.2) is 28.9 Å². The zero-order chi connectivity index (χ0) is 12.6. The SMILES string of the molecule is C[C@@H](O)c1c(F)cccc1N1CCC(C)(O)C1. The van der Waals surface area contributed by atoms with Crippen LogP contribution in [0.4, 0.5) is 10.1 Å². The summed E-state index contributed by atoms with van der Waals surface area (Å²) in [5, 5.41) is 19.6. The summed E-state index contributed by atoms with van der Waals surface area (Å²) in [5.74, 6) is -0.399. The van der Waals surface area contributed by atoms with Crippen LogP contribution in [0.25, 0.3) is 0 Å². The van der Waals surface area contributed by atoms with Crippen LogP contribution < -0.4 is 4.90 Å². The van der Waals surface area contributed by atoms with E-state index in [1.807, 2.05) is 4.90 Å². The minimum atomic E-state index is -0.850. The molecule has 0 radical (unpaired) electrons. The van der Waals surface area contributed by atoms with E-state index in [1.165, 1.54) is 6.07 Å². The number of benzene rings is 1. The first-order valence-electron chi connectivity index (χ1n) is 5.84. The number of halogens is 1. The molecule has 1 aromatic carbocycles. The van der Waals surface area contributed by atoms with Gasteiger partial charge in [-0.1, -0.05) is 6.07 Å². The van der Waals surface area contributed by atoms with Crippen molar-refractivity contribution in [3.63, 3.8) is 0 Å². The monoisotopic (exact) mass is 239 g/mol. The molecule has 1 saturated heterocycles. The number of aliphatic hydroxyl groups is 2. The first-order chi connectivity index (χ1) is 7.91. The normalized spacial score (nSPS) is 26.3. The van der Waals surface area contributed by atoms with Crippen LogP contribution in [0.3, 0.4) is 0 Å². The molecular formula is C13H18FNO2. The van der Waals surface area contributed by atoms with Gasteiger partial charge in [-0.25, -0.2) is 4.39 Å². The molecule has 1 aromatic rings. The van der Waals surface area contributed by atoms with Crippen LogP contribution in [0.5, 0.6) is 0 Å². The van der Waals surface area contributed by atoms with Crippen molar-refractivity contribution in [1.29, 1.82) is 0 Å². The summed E-state index contributed by atoms with van der Waals surface area (Å²) in [7, 11) is 0. The number of aliphatic hydroxyl groups excluding tert-OH is 1. The maximum absolute atomic E-state index is 13.7. The number of hydrogen-bond acceptors (Lipinski definition) is 3. The lowest BCUT2D eigenvalue weighted by Crippen LogP contribution is -2.30. The lowest BCUT2D eigenvalue weighted by Gasteiger charge is -2.24. The molecule has 1 aliphatic heterocycles. The van der Waals surface area contributed by atoms with Crippen molar-refractivity contribution in [3.8, 4) is 0 Å². The molecule has 0 saturated carbocycles. The van der Waals surface area contributed by atoms with Crippen LogP contribution in [0.15, 0.2) is 18.2 Å². The van der Waals surface area contributed by atoms with E-state index in [1.54, 1.807) is 26.0 Å². The van der Waals surface area contributed by atoms with E-state index >= 15 is 0 Å². The van der Waals surface area contributed by atoms with Gasteiger partial charge in [0.05, 0.1) is 11.7 Å². The third kappa shape index (κ3) is 2.42. The molecule has 17 heavy (non-hydrogen) atoms. The number of nitrogens with zero attached hydrogens (tertiary/aromatic N) is 1. The molecular weight excluding hydrogens is 221 g/mol. The zero-order valence-electron chi connectivity index (χ0n) is 10.2. The summed E-state index contributed by atoms with van der Waals surface area (Å²) in [6, 6.07) is 4.76. The van der Waals surface area contributed by atoms with E-state index in [2.05, 4.69) is 0 Å². The van der Waals surface area contributed by atoms with Crippen LogP contribution in [0.1, 0.15) is 31.9 Å². The Morgan fingerprint density at radius 2 is 2.18 bits per heavy atom. The lowest BCUT2D eigenvalue weighted by atomic mass is 10.1. The molecule has 1 unspecified atom stereocenters. The van der Waals surface area contributed by atoms with Gasteiger partial charge in [0.1, 0.15) is 5.82 Å². The van der Waals surface area contributed by atoms with E-state index < -0.39 is 17.5 Å². The van der Waals surface area contributed by atoms with Crippen molar-refractivity contribution in [2.45, 2.75) is 32.0 Å². The molecule has 0 aromatic heterocycles. The van der Waals surface area contributed by atoms with Gasteiger partial charge in [0.25, 0.3) is 0 Å². The maximum atomic E-state index is 13.7. The Hall–Kier alpha value is -1.13. The van der Waals surface area contributed by atoms with Crippen molar-refractivity contribution in [2.75, 3.05) is 18.0 Å². The highest BCUT2D eigenvalue weighted by molar-refractivity contribution is 5.56. The number of hydrogen-bond donors (Lipinski definition) is 2. The van der Waals surface area contributed by atoms with Crippen molar-refractivity contribution < 1.29 is 14.6 Å².